The molecule has 0 saturated carbocycles. The second kappa shape index (κ2) is 7.99. The summed E-state index contributed by atoms with van der Waals surface area (Å²) < 4.78 is 0. The molecule has 0 unspecified atom stereocenters. The predicted octanol–water partition coefficient (Wildman–Crippen LogP) is 4.01. The summed E-state index contributed by atoms with van der Waals surface area (Å²) in [5, 5.41) is 4.17. The van der Waals surface area contributed by atoms with E-state index in [1.54, 1.807) is 12.4 Å². The number of hydrogen-bond acceptors (Lipinski definition) is 4. The Morgan fingerprint density at radius 1 is 1.07 bits per heavy atom. The number of rotatable bonds is 5. The summed E-state index contributed by atoms with van der Waals surface area (Å²) in [6.07, 6.45) is 8.13. The molecule has 1 aliphatic heterocycles. The first-order valence-electron chi connectivity index (χ1n) is 10.3. The number of nitrogens with zero attached hydrogens (tertiary/aromatic N) is 3. The molecule has 5 rings (SSSR count). The maximum Gasteiger partial charge on any atom is 0.254 e. The van der Waals surface area contributed by atoms with Crippen molar-refractivity contribution >= 4 is 28.4 Å². The Hall–Kier alpha value is -3.67. The average molecular weight is 397 g/mol. The molecular weight excluding hydrogens is 374 g/mol. The molecule has 3 heterocycles. The third-order valence-electron chi connectivity index (χ3n) is 5.61. The zero-order chi connectivity index (χ0) is 20.3. The Labute approximate surface area is 175 Å². The third-order valence-corrected chi connectivity index (χ3v) is 5.61. The molecule has 2 aromatic heterocycles. The number of benzene rings is 2. The normalized spacial score (nSPS) is 13.3. The first kappa shape index (κ1) is 18.4. The number of aromatic amines is 1. The van der Waals surface area contributed by atoms with Gasteiger partial charge >= 0.3 is 0 Å². The van der Waals surface area contributed by atoms with Crippen molar-refractivity contribution in [2.75, 3.05) is 18.0 Å². The van der Waals surface area contributed by atoms with Gasteiger partial charge in [-0.15, -0.1) is 0 Å². The molecule has 6 nitrogen and oxygen atoms in total. The summed E-state index contributed by atoms with van der Waals surface area (Å²) in [5.74, 6) is 0.484. The molecule has 0 fully saturated rings. The molecule has 0 atom stereocenters. The van der Waals surface area contributed by atoms with Crippen molar-refractivity contribution in [1.82, 2.24) is 20.3 Å². The van der Waals surface area contributed by atoms with Crippen molar-refractivity contribution < 1.29 is 4.79 Å². The Morgan fingerprint density at radius 2 is 1.87 bits per heavy atom. The highest BCUT2D eigenvalue weighted by molar-refractivity contribution is 5.93. The van der Waals surface area contributed by atoms with Crippen LogP contribution in [0, 0.1) is 0 Å². The number of nitrogens with one attached hydrogen (secondary N) is 2. The summed E-state index contributed by atoms with van der Waals surface area (Å²) in [6.45, 7) is 1.44. The minimum Gasteiger partial charge on any atom is -0.361 e. The number of aromatic nitrogens is 3. The molecule has 4 aromatic rings. The molecule has 6 heteroatoms. The van der Waals surface area contributed by atoms with E-state index in [0.717, 1.165) is 37.0 Å². The fourth-order valence-electron chi connectivity index (χ4n) is 4.07. The first-order valence-corrected chi connectivity index (χ1v) is 10.3. The Balaban J connectivity index is 1.23. The molecule has 1 amide bonds. The van der Waals surface area contributed by atoms with Crippen LogP contribution in [-0.4, -0.2) is 33.9 Å². The van der Waals surface area contributed by atoms with Gasteiger partial charge in [-0.1, -0.05) is 36.4 Å². The number of carbonyl (C=O) groups excluding carboxylic acids is 1. The van der Waals surface area contributed by atoms with Crippen LogP contribution in [0.2, 0.25) is 0 Å². The smallest absolute Gasteiger partial charge is 0.254 e. The average Bonchev–Trinajstić information content (AvgIpc) is 3.22. The van der Waals surface area contributed by atoms with Gasteiger partial charge in [-0.05, 0) is 42.5 Å². The number of hydrogen-bond donors (Lipinski definition) is 2. The minimum absolute atomic E-state index is 0.152. The molecule has 0 spiro atoms. The zero-order valence-corrected chi connectivity index (χ0v) is 16.6. The van der Waals surface area contributed by atoms with E-state index in [4.69, 9.17) is 0 Å². The monoisotopic (exact) mass is 397 g/mol. The topological polar surface area (TPSA) is 73.9 Å². The number of carbonyl (C=O) groups is 1. The molecule has 0 bridgehead atoms. The Bertz CT molecular complexity index is 1180. The molecule has 2 aromatic carbocycles. The summed E-state index contributed by atoms with van der Waals surface area (Å²) in [5.41, 5.74) is 5.25. The number of fused-ring (bicyclic) bond motifs is 2. The largest absolute Gasteiger partial charge is 0.361 e. The summed E-state index contributed by atoms with van der Waals surface area (Å²) in [7, 11) is 0. The number of amides is 1. The standard InChI is InChI=1S/C24H23N5O/c30-23(25-12-11-18-14-26-21-9-3-2-8-20(18)21)19-15-27-24(28-16-19)29-13-5-7-17-6-1-4-10-22(17)29/h1-4,6,8-10,14-16,26H,5,7,11-13H2,(H,25,30). The summed E-state index contributed by atoms with van der Waals surface area (Å²) in [6, 6.07) is 16.5. The van der Waals surface area contributed by atoms with Crippen LogP contribution in [0.1, 0.15) is 27.9 Å². The van der Waals surface area contributed by atoms with Gasteiger partial charge in [0.25, 0.3) is 5.91 Å². The van der Waals surface area contributed by atoms with Crippen LogP contribution in [0.4, 0.5) is 11.6 Å². The number of H-pyrrole nitrogens is 1. The number of para-hydroxylation sites is 2. The molecule has 0 radical (unpaired) electrons. The second-order valence-corrected chi connectivity index (χ2v) is 7.52. The van der Waals surface area contributed by atoms with E-state index < -0.39 is 0 Å². The van der Waals surface area contributed by atoms with Crippen molar-refractivity contribution in [2.24, 2.45) is 0 Å². The van der Waals surface area contributed by atoms with Crippen LogP contribution in [0.25, 0.3) is 10.9 Å². The molecule has 150 valence electrons. The van der Waals surface area contributed by atoms with E-state index in [0.29, 0.717) is 18.1 Å². The fourth-order valence-corrected chi connectivity index (χ4v) is 4.07. The Morgan fingerprint density at radius 3 is 2.77 bits per heavy atom. The van der Waals surface area contributed by atoms with Gasteiger partial charge in [-0.2, -0.15) is 0 Å². The fraction of sp³-hybridized carbons (Fsp3) is 0.208. The SMILES string of the molecule is O=C(NCCc1c[nH]c2ccccc12)c1cnc(N2CCCc3ccccc32)nc1. The van der Waals surface area contributed by atoms with Crippen molar-refractivity contribution in [3.05, 3.63) is 83.8 Å². The third kappa shape index (κ3) is 3.52. The molecule has 30 heavy (non-hydrogen) atoms. The van der Waals surface area contributed by atoms with Crippen molar-refractivity contribution in [1.29, 1.82) is 0 Å². The van der Waals surface area contributed by atoms with Gasteiger partial charge < -0.3 is 15.2 Å². The van der Waals surface area contributed by atoms with Crippen LogP contribution >= 0.6 is 0 Å². The van der Waals surface area contributed by atoms with E-state index in [2.05, 4.69) is 55.5 Å². The highest BCUT2D eigenvalue weighted by atomic mass is 16.1. The van der Waals surface area contributed by atoms with Crippen molar-refractivity contribution in [2.45, 2.75) is 19.3 Å². The van der Waals surface area contributed by atoms with E-state index >= 15 is 0 Å². The van der Waals surface area contributed by atoms with Crippen LogP contribution < -0.4 is 10.2 Å². The van der Waals surface area contributed by atoms with E-state index in [1.807, 2.05) is 24.4 Å². The van der Waals surface area contributed by atoms with Crippen LogP contribution in [0.15, 0.2) is 67.1 Å². The zero-order valence-electron chi connectivity index (χ0n) is 16.6. The lowest BCUT2D eigenvalue weighted by atomic mass is 10.0. The highest BCUT2D eigenvalue weighted by Crippen LogP contribution is 2.31. The van der Waals surface area contributed by atoms with Gasteiger partial charge in [0.05, 0.1) is 5.56 Å². The molecule has 0 saturated heterocycles. The van der Waals surface area contributed by atoms with Crippen molar-refractivity contribution in [3.63, 3.8) is 0 Å². The summed E-state index contributed by atoms with van der Waals surface area (Å²) in [4.78, 5) is 26.8. The lowest BCUT2D eigenvalue weighted by Gasteiger charge is -2.29. The van der Waals surface area contributed by atoms with Gasteiger partial charge in [0.1, 0.15) is 0 Å². The molecule has 2 N–H and O–H groups in total. The lowest BCUT2D eigenvalue weighted by Crippen LogP contribution is -2.28. The van der Waals surface area contributed by atoms with E-state index in [9.17, 15) is 4.79 Å². The highest BCUT2D eigenvalue weighted by Gasteiger charge is 2.20. The van der Waals surface area contributed by atoms with Gasteiger partial charge in [0.15, 0.2) is 0 Å². The van der Waals surface area contributed by atoms with E-state index in [1.165, 1.54) is 16.5 Å². The van der Waals surface area contributed by atoms with E-state index in [-0.39, 0.29) is 5.91 Å². The van der Waals surface area contributed by atoms with Gasteiger partial charge in [-0.25, -0.2) is 9.97 Å². The van der Waals surface area contributed by atoms with Crippen LogP contribution in [-0.2, 0) is 12.8 Å². The number of anilines is 2. The van der Waals surface area contributed by atoms with Crippen LogP contribution in [0.3, 0.4) is 0 Å². The molecule has 1 aliphatic rings. The first-order chi connectivity index (χ1) is 14.8. The van der Waals surface area contributed by atoms with Gasteiger partial charge in [0.2, 0.25) is 5.95 Å². The Kier molecular flexibility index (Phi) is 4.89. The lowest BCUT2D eigenvalue weighted by molar-refractivity contribution is 0.0953. The van der Waals surface area contributed by atoms with Crippen LogP contribution in [0.5, 0.6) is 0 Å². The van der Waals surface area contributed by atoms with Gasteiger partial charge in [0, 0.05) is 48.3 Å². The molecular formula is C24H23N5O. The van der Waals surface area contributed by atoms with Gasteiger partial charge in [-0.3, -0.25) is 4.79 Å². The maximum atomic E-state index is 12.5. The summed E-state index contributed by atoms with van der Waals surface area (Å²) >= 11 is 0. The maximum absolute atomic E-state index is 12.5. The number of aryl methyl sites for hydroxylation is 1. The van der Waals surface area contributed by atoms with Crippen molar-refractivity contribution in [3.8, 4) is 0 Å². The molecule has 0 aliphatic carbocycles. The minimum atomic E-state index is -0.152. The second-order valence-electron chi connectivity index (χ2n) is 7.52. The quantitative estimate of drug-likeness (QED) is 0.534. The predicted molar refractivity (Wildman–Crippen MR) is 118 cm³/mol.